The first-order chi connectivity index (χ1) is 15.7. The second-order valence-electron chi connectivity index (χ2n) is 9.53. The van der Waals surface area contributed by atoms with Crippen LogP contribution in [0.15, 0.2) is 73.1 Å². The number of benzene rings is 2. The van der Waals surface area contributed by atoms with Crippen molar-refractivity contribution in [1.82, 2.24) is 9.55 Å². The molecule has 0 saturated carbocycles. The molecule has 0 fully saturated rings. The number of unbranched alkanes of at least 4 members (excludes halogenated alkanes) is 5. The molecule has 0 N–H and O–H groups in total. The highest BCUT2D eigenvalue weighted by Gasteiger charge is 2.39. The number of rotatable bonds is 14. The van der Waals surface area contributed by atoms with Crippen LogP contribution in [0.25, 0.3) is 0 Å². The summed E-state index contributed by atoms with van der Waals surface area (Å²) in [6, 6.07) is 22.2. The lowest BCUT2D eigenvalue weighted by Gasteiger charge is -2.39. The second kappa shape index (κ2) is 12.6. The van der Waals surface area contributed by atoms with Gasteiger partial charge in [-0.2, -0.15) is 0 Å². The van der Waals surface area contributed by atoms with Crippen molar-refractivity contribution in [2.45, 2.75) is 96.4 Å². The van der Waals surface area contributed by atoms with E-state index in [1.165, 1.54) is 68.3 Å². The maximum atomic E-state index is 4.99. The Kier molecular flexibility index (Phi) is 9.59. The van der Waals surface area contributed by atoms with Crippen molar-refractivity contribution in [2.24, 2.45) is 0 Å². The zero-order valence-electron chi connectivity index (χ0n) is 20.5. The van der Waals surface area contributed by atoms with E-state index in [0.717, 1.165) is 13.0 Å². The van der Waals surface area contributed by atoms with E-state index in [9.17, 15) is 0 Å². The lowest BCUT2D eigenvalue weighted by atomic mass is 9.66. The average molecular weight is 431 g/mol. The molecular formula is C30H42N2. The molecule has 2 atom stereocenters. The number of aromatic nitrogens is 2. The molecule has 2 nitrogen and oxygen atoms in total. The molecule has 0 radical (unpaired) electrons. The van der Waals surface area contributed by atoms with Crippen LogP contribution in [0, 0.1) is 0 Å². The largest absolute Gasteiger partial charge is 0.335 e. The van der Waals surface area contributed by atoms with E-state index in [0.29, 0.717) is 5.92 Å². The fourth-order valence-electron chi connectivity index (χ4n) is 5.13. The van der Waals surface area contributed by atoms with Gasteiger partial charge in [0.05, 0.1) is 0 Å². The van der Waals surface area contributed by atoms with Crippen molar-refractivity contribution in [3.05, 3.63) is 90.0 Å². The molecular weight excluding hydrogens is 388 g/mol. The lowest BCUT2D eigenvalue weighted by Crippen LogP contribution is -2.35. The molecule has 3 aromatic rings. The van der Waals surface area contributed by atoms with E-state index in [4.69, 9.17) is 4.98 Å². The molecule has 1 aromatic heterocycles. The topological polar surface area (TPSA) is 17.8 Å². The SMILES string of the molecule is CCCCCCC(c1nccn1CCCCC)C(C)(Cc1ccccc1)c1ccccc1. The van der Waals surface area contributed by atoms with Crippen LogP contribution < -0.4 is 0 Å². The van der Waals surface area contributed by atoms with Crippen molar-refractivity contribution in [2.75, 3.05) is 0 Å². The van der Waals surface area contributed by atoms with Gasteiger partial charge >= 0.3 is 0 Å². The highest BCUT2D eigenvalue weighted by atomic mass is 15.1. The van der Waals surface area contributed by atoms with Crippen LogP contribution in [0.5, 0.6) is 0 Å². The number of nitrogens with zero attached hydrogens (tertiary/aromatic N) is 2. The van der Waals surface area contributed by atoms with Gasteiger partial charge in [-0.3, -0.25) is 0 Å². The van der Waals surface area contributed by atoms with Crippen LogP contribution in [0.3, 0.4) is 0 Å². The van der Waals surface area contributed by atoms with Gasteiger partial charge in [0.25, 0.3) is 0 Å². The van der Waals surface area contributed by atoms with Crippen molar-refractivity contribution >= 4 is 0 Å². The Labute approximate surface area is 196 Å². The van der Waals surface area contributed by atoms with Gasteiger partial charge in [0, 0.05) is 30.3 Å². The maximum Gasteiger partial charge on any atom is 0.112 e. The van der Waals surface area contributed by atoms with Gasteiger partial charge in [-0.05, 0) is 30.4 Å². The first-order valence-electron chi connectivity index (χ1n) is 12.8. The Balaban J connectivity index is 2.00. The number of imidazole rings is 1. The summed E-state index contributed by atoms with van der Waals surface area (Å²) in [5.41, 5.74) is 2.82. The third-order valence-electron chi connectivity index (χ3n) is 7.02. The summed E-state index contributed by atoms with van der Waals surface area (Å²) in [6.45, 7) is 8.12. The zero-order chi connectivity index (χ0) is 22.7. The maximum absolute atomic E-state index is 4.99. The molecule has 0 amide bonds. The molecule has 2 heteroatoms. The Morgan fingerprint density at radius 1 is 0.812 bits per heavy atom. The fourth-order valence-corrected chi connectivity index (χ4v) is 5.13. The lowest BCUT2D eigenvalue weighted by molar-refractivity contribution is 0.322. The van der Waals surface area contributed by atoms with E-state index in [1.807, 2.05) is 6.20 Å². The minimum absolute atomic E-state index is 0.0112. The molecule has 0 aliphatic carbocycles. The number of hydrogen-bond donors (Lipinski definition) is 0. The van der Waals surface area contributed by atoms with E-state index in [1.54, 1.807) is 0 Å². The predicted octanol–water partition coefficient (Wildman–Crippen LogP) is 8.33. The van der Waals surface area contributed by atoms with Crippen molar-refractivity contribution < 1.29 is 0 Å². The first-order valence-corrected chi connectivity index (χ1v) is 12.8. The van der Waals surface area contributed by atoms with Gasteiger partial charge in [-0.25, -0.2) is 4.98 Å². The third kappa shape index (κ3) is 6.34. The van der Waals surface area contributed by atoms with Crippen molar-refractivity contribution in [3.63, 3.8) is 0 Å². The molecule has 2 unspecified atom stereocenters. The molecule has 0 aliphatic heterocycles. The molecule has 1 heterocycles. The quantitative estimate of drug-likeness (QED) is 0.235. The van der Waals surface area contributed by atoms with Gasteiger partial charge in [0.1, 0.15) is 5.82 Å². The van der Waals surface area contributed by atoms with Gasteiger partial charge in [-0.1, -0.05) is 120 Å². The average Bonchev–Trinajstić information content (AvgIpc) is 3.28. The van der Waals surface area contributed by atoms with Crippen LogP contribution in [0.4, 0.5) is 0 Å². The van der Waals surface area contributed by atoms with E-state index in [-0.39, 0.29) is 5.41 Å². The molecule has 0 spiro atoms. The Bertz CT molecular complexity index is 883. The Morgan fingerprint density at radius 3 is 2.16 bits per heavy atom. The van der Waals surface area contributed by atoms with Crippen LogP contribution in [0.2, 0.25) is 0 Å². The van der Waals surface area contributed by atoms with Gasteiger partial charge in [0.2, 0.25) is 0 Å². The van der Waals surface area contributed by atoms with Crippen LogP contribution in [-0.2, 0) is 18.4 Å². The number of aryl methyl sites for hydroxylation is 1. The Hall–Kier alpha value is -2.35. The van der Waals surface area contributed by atoms with Gasteiger partial charge in [0.15, 0.2) is 0 Å². The third-order valence-corrected chi connectivity index (χ3v) is 7.02. The molecule has 0 saturated heterocycles. The smallest absolute Gasteiger partial charge is 0.112 e. The Morgan fingerprint density at radius 2 is 1.47 bits per heavy atom. The highest BCUT2D eigenvalue weighted by Crippen LogP contribution is 2.44. The van der Waals surface area contributed by atoms with Crippen molar-refractivity contribution in [3.8, 4) is 0 Å². The van der Waals surface area contributed by atoms with Crippen LogP contribution in [0.1, 0.15) is 95.0 Å². The summed E-state index contributed by atoms with van der Waals surface area (Å²) in [5, 5.41) is 0. The van der Waals surface area contributed by atoms with Gasteiger partial charge in [-0.15, -0.1) is 0 Å². The molecule has 2 aromatic carbocycles. The van der Waals surface area contributed by atoms with E-state index < -0.39 is 0 Å². The normalized spacial score (nSPS) is 14.2. The molecule has 3 rings (SSSR count). The monoisotopic (exact) mass is 430 g/mol. The molecule has 0 aliphatic rings. The summed E-state index contributed by atoms with van der Waals surface area (Å²) in [7, 11) is 0. The van der Waals surface area contributed by atoms with Crippen LogP contribution >= 0.6 is 0 Å². The van der Waals surface area contributed by atoms with Crippen molar-refractivity contribution in [1.29, 1.82) is 0 Å². The molecule has 0 bridgehead atoms. The second-order valence-corrected chi connectivity index (χ2v) is 9.53. The molecule has 32 heavy (non-hydrogen) atoms. The number of hydrogen-bond acceptors (Lipinski definition) is 1. The van der Waals surface area contributed by atoms with Crippen LogP contribution in [-0.4, -0.2) is 9.55 Å². The zero-order valence-corrected chi connectivity index (χ0v) is 20.5. The first kappa shape index (κ1) is 24.3. The predicted molar refractivity (Wildman–Crippen MR) is 137 cm³/mol. The van der Waals surface area contributed by atoms with Gasteiger partial charge < -0.3 is 4.57 Å². The summed E-state index contributed by atoms with van der Waals surface area (Å²) < 4.78 is 2.45. The van der Waals surface area contributed by atoms with E-state index in [2.05, 4.69) is 92.2 Å². The summed E-state index contributed by atoms with van der Waals surface area (Å²) in [5.74, 6) is 1.67. The molecule has 172 valence electrons. The standard InChI is InChI=1S/C30H42N2/c1-4-6-8-15-21-28(29-31-22-24-32(29)23-16-7-5-2)30(3,27-19-13-10-14-20-27)25-26-17-11-9-12-18-26/h9-14,17-20,22,24,28H,4-8,15-16,21,23,25H2,1-3H3. The summed E-state index contributed by atoms with van der Waals surface area (Å²) in [4.78, 5) is 4.99. The fraction of sp³-hybridized carbons (Fsp3) is 0.500. The minimum atomic E-state index is -0.0112. The highest BCUT2D eigenvalue weighted by molar-refractivity contribution is 5.33. The summed E-state index contributed by atoms with van der Waals surface area (Å²) in [6.07, 6.45) is 15.3. The summed E-state index contributed by atoms with van der Waals surface area (Å²) >= 11 is 0. The minimum Gasteiger partial charge on any atom is -0.335 e. The van der Waals surface area contributed by atoms with E-state index >= 15 is 0 Å².